The lowest BCUT2D eigenvalue weighted by Gasteiger charge is -2.33. The molecule has 64 valence electrons. The summed E-state index contributed by atoms with van der Waals surface area (Å²) in [4.78, 5) is 0.885. The Morgan fingerprint density at radius 2 is 1.67 bits per heavy atom. The predicted octanol–water partition coefficient (Wildman–Crippen LogP) is 5.10. The van der Waals surface area contributed by atoms with Gasteiger partial charge in [-0.15, -0.1) is 0 Å². The summed E-state index contributed by atoms with van der Waals surface area (Å²) in [6.07, 6.45) is 0. The van der Waals surface area contributed by atoms with Crippen molar-refractivity contribution in [2.45, 2.75) is 9.65 Å². The van der Waals surface area contributed by atoms with Gasteiger partial charge in [-0.05, 0) is 49.1 Å². The summed E-state index contributed by atoms with van der Waals surface area (Å²) in [6, 6.07) is 4.21. The van der Waals surface area contributed by atoms with Crippen LogP contribution in [0.15, 0.2) is 21.1 Å². The van der Waals surface area contributed by atoms with Gasteiger partial charge in [-0.2, -0.15) is 0 Å². The molecule has 0 aromatic heterocycles. The van der Waals surface area contributed by atoms with Gasteiger partial charge in [0.05, 0.1) is 9.65 Å². The lowest BCUT2D eigenvalue weighted by molar-refractivity contribution is 0.811. The second-order valence-corrected chi connectivity index (χ2v) is 6.29. The van der Waals surface area contributed by atoms with Crippen molar-refractivity contribution < 1.29 is 0 Å². The Hall–Kier alpha value is 1.14. The number of halogens is 4. The number of hydrogen-bond acceptors (Lipinski definition) is 0. The normalized spacial score (nSPS) is 26.3. The van der Waals surface area contributed by atoms with Crippen molar-refractivity contribution in [2.75, 3.05) is 0 Å². The zero-order valence-corrected chi connectivity index (χ0v) is 12.2. The van der Waals surface area contributed by atoms with Crippen molar-refractivity contribution in [1.82, 2.24) is 0 Å². The van der Waals surface area contributed by atoms with Crippen LogP contribution in [0.4, 0.5) is 0 Å². The SMILES string of the molecule is Brc1ccc2c(c1Br)C(Br)C2Br. The second kappa shape index (κ2) is 3.37. The molecule has 2 unspecified atom stereocenters. The molecule has 0 saturated heterocycles. The molecule has 1 aromatic carbocycles. The average Bonchev–Trinajstić information content (AvgIpc) is 2.08. The molecule has 1 aliphatic carbocycles. The third-order valence-corrected chi connectivity index (χ3v) is 6.76. The highest BCUT2D eigenvalue weighted by molar-refractivity contribution is 9.13. The van der Waals surface area contributed by atoms with E-state index in [1.807, 2.05) is 0 Å². The Labute approximate surface area is 105 Å². The van der Waals surface area contributed by atoms with Crippen LogP contribution in [0.3, 0.4) is 0 Å². The van der Waals surface area contributed by atoms with E-state index < -0.39 is 0 Å². The van der Waals surface area contributed by atoms with Gasteiger partial charge < -0.3 is 0 Å². The number of alkyl halides is 2. The maximum absolute atomic E-state index is 3.61. The number of fused-ring (bicyclic) bond motifs is 1. The van der Waals surface area contributed by atoms with Gasteiger partial charge in [-0.25, -0.2) is 0 Å². The largest absolute Gasteiger partial charge is 0.0823 e. The van der Waals surface area contributed by atoms with Gasteiger partial charge in [-0.1, -0.05) is 37.9 Å². The highest BCUT2D eigenvalue weighted by Crippen LogP contribution is 2.57. The van der Waals surface area contributed by atoms with Crippen LogP contribution in [0.1, 0.15) is 20.8 Å². The highest BCUT2D eigenvalue weighted by atomic mass is 79.9. The quantitative estimate of drug-likeness (QED) is 0.513. The van der Waals surface area contributed by atoms with E-state index in [9.17, 15) is 0 Å². The Morgan fingerprint density at radius 3 is 2.33 bits per heavy atom. The first kappa shape index (κ1) is 9.69. The smallest absolute Gasteiger partial charge is 0.0576 e. The number of rotatable bonds is 0. The van der Waals surface area contributed by atoms with Crippen molar-refractivity contribution >= 4 is 63.7 Å². The van der Waals surface area contributed by atoms with Crippen LogP contribution in [0.25, 0.3) is 0 Å². The van der Waals surface area contributed by atoms with Crippen LogP contribution in [-0.2, 0) is 0 Å². The molecule has 1 aliphatic rings. The van der Waals surface area contributed by atoms with Crippen LogP contribution < -0.4 is 0 Å². The van der Waals surface area contributed by atoms with E-state index >= 15 is 0 Å². The fourth-order valence-corrected chi connectivity index (χ4v) is 4.01. The molecule has 0 saturated carbocycles. The molecule has 2 rings (SSSR count). The fraction of sp³-hybridized carbons (Fsp3) is 0.250. The van der Waals surface area contributed by atoms with Crippen LogP contribution >= 0.6 is 63.7 Å². The molecule has 0 bridgehead atoms. The first-order valence-corrected chi connectivity index (χ1v) is 6.80. The lowest BCUT2D eigenvalue weighted by Crippen LogP contribution is -2.15. The van der Waals surface area contributed by atoms with E-state index in [0.29, 0.717) is 9.65 Å². The first-order chi connectivity index (χ1) is 5.63. The highest BCUT2D eigenvalue weighted by Gasteiger charge is 2.36. The van der Waals surface area contributed by atoms with Gasteiger partial charge in [0.15, 0.2) is 0 Å². The summed E-state index contributed by atoms with van der Waals surface area (Å²) in [5.74, 6) is 0. The van der Waals surface area contributed by atoms with Crippen molar-refractivity contribution in [3.05, 3.63) is 32.2 Å². The molecule has 0 radical (unpaired) electrons. The van der Waals surface area contributed by atoms with Crippen molar-refractivity contribution in [2.24, 2.45) is 0 Å². The number of benzene rings is 1. The maximum atomic E-state index is 3.61. The van der Waals surface area contributed by atoms with Crippen LogP contribution in [0.2, 0.25) is 0 Å². The van der Waals surface area contributed by atoms with Gasteiger partial charge in [0.2, 0.25) is 0 Å². The Bertz CT molecular complexity index is 334. The molecule has 0 nitrogen and oxygen atoms in total. The number of hydrogen-bond donors (Lipinski definition) is 0. The van der Waals surface area contributed by atoms with Crippen LogP contribution in [-0.4, -0.2) is 0 Å². The maximum Gasteiger partial charge on any atom is 0.0576 e. The molecule has 2 atom stereocenters. The van der Waals surface area contributed by atoms with E-state index in [1.165, 1.54) is 11.1 Å². The van der Waals surface area contributed by atoms with Gasteiger partial charge in [0.1, 0.15) is 0 Å². The minimum Gasteiger partial charge on any atom is -0.0823 e. The molecule has 0 aliphatic heterocycles. The van der Waals surface area contributed by atoms with E-state index in [1.54, 1.807) is 0 Å². The molecule has 0 spiro atoms. The minimum absolute atomic E-state index is 0.430. The Kier molecular flexibility index (Phi) is 2.72. The summed E-state index contributed by atoms with van der Waals surface area (Å²) < 4.78 is 2.28. The van der Waals surface area contributed by atoms with Gasteiger partial charge >= 0.3 is 0 Å². The van der Waals surface area contributed by atoms with Crippen LogP contribution in [0, 0.1) is 0 Å². The van der Waals surface area contributed by atoms with Crippen LogP contribution in [0.5, 0.6) is 0 Å². The summed E-state index contributed by atoms with van der Waals surface area (Å²) in [6.45, 7) is 0. The van der Waals surface area contributed by atoms with E-state index in [0.717, 1.165) is 8.95 Å². The standard InChI is InChI=1S/C8H4Br4/c9-4-2-1-3-5(7(4)11)8(12)6(3)10/h1-2,6,8H. The van der Waals surface area contributed by atoms with Crippen molar-refractivity contribution in [3.63, 3.8) is 0 Å². The summed E-state index contributed by atoms with van der Waals surface area (Å²) >= 11 is 14.2. The molecule has 4 heteroatoms. The third-order valence-electron chi connectivity index (χ3n) is 2.00. The van der Waals surface area contributed by atoms with Crippen molar-refractivity contribution in [3.8, 4) is 0 Å². The molecular weight excluding hydrogens is 416 g/mol. The van der Waals surface area contributed by atoms with E-state index in [2.05, 4.69) is 75.9 Å². The minimum atomic E-state index is 0.430. The van der Waals surface area contributed by atoms with E-state index in [-0.39, 0.29) is 0 Å². The fourth-order valence-electron chi connectivity index (χ4n) is 1.31. The lowest BCUT2D eigenvalue weighted by atomic mass is 9.88. The first-order valence-electron chi connectivity index (χ1n) is 3.39. The Morgan fingerprint density at radius 1 is 1.00 bits per heavy atom. The predicted molar refractivity (Wildman–Crippen MR) is 65.2 cm³/mol. The molecule has 0 amide bonds. The van der Waals surface area contributed by atoms with Gasteiger partial charge in [-0.3, -0.25) is 0 Å². The van der Waals surface area contributed by atoms with E-state index in [4.69, 9.17) is 0 Å². The molecular formula is C8H4Br4. The molecule has 0 heterocycles. The molecule has 1 aromatic rings. The summed E-state index contributed by atoms with van der Waals surface area (Å²) in [5, 5.41) is 0. The topological polar surface area (TPSA) is 0 Å². The third kappa shape index (κ3) is 1.26. The van der Waals surface area contributed by atoms with Crippen molar-refractivity contribution in [1.29, 1.82) is 0 Å². The molecule has 0 N–H and O–H groups in total. The Balaban J connectivity index is 2.60. The second-order valence-electron chi connectivity index (χ2n) is 2.67. The molecule has 12 heavy (non-hydrogen) atoms. The monoisotopic (exact) mass is 416 g/mol. The van der Waals surface area contributed by atoms with Gasteiger partial charge in [0, 0.05) is 8.95 Å². The molecule has 0 fully saturated rings. The average molecular weight is 420 g/mol. The summed E-state index contributed by atoms with van der Waals surface area (Å²) in [7, 11) is 0. The summed E-state index contributed by atoms with van der Waals surface area (Å²) in [5.41, 5.74) is 2.72. The van der Waals surface area contributed by atoms with Gasteiger partial charge in [0.25, 0.3) is 0 Å². The zero-order valence-electron chi connectivity index (χ0n) is 5.82. The zero-order chi connectivity index (χ0) is 8.88.